The van der Waals surface area contributed by atoms with Gasteiger partial charge < -0.3 is 10.6 Å². The minimum Gasteiger partial charge on any atom is -0.342 e. The molecule has 2 N–H and O–H groups in total. The Morgan fingerprint density at radius 2 is 2.11 bits per heavy atom. The molecule has 2 aliphatic rings. The van der Waals surface area contributed by atoms with Crippen LogP contribution in [-0.4, -0.2) is 29.9 Å². The number of aryl methyl sites for hydroxylation is 1. The second-order valence-electron chi connectivity index (χ2n) is 5.41. The Hall–Kier alpha value is -0.870. The number of likely N-dealkylation sites (tertiary alicyclic amines) is 1. The molecule has 1 aromatic rings. The fourth-order valence-corrected chi connectivity index (χ4v) is 4.07. The number of nitrogens with zero attached hydrogens (tertiary/aromatic N) is 1. The van der Waals surface area contributed by atoms with Crippen LogP contribution in [0.25, 0.3) is 0 Å². The van der Waals surface area contributed by atoms with Crippen molar-refractivity contribution in [2.24, 2.45) is 5.73 Å². The first-order valence-corrected chi connectivity index (χ1v) is 7.74. The van der Waals surface area contributed by atoms with Crippen LogP contribution in [0.15, 0.2) is 11.4 Å². The van der Waals surface area contributed by atoms with Crippen molar-refractivity contribution in [1.82, 2.24) is 4.90 Å². The third-order valence-electron chi connectivity index (χ3n) is 4.20. The van der Waals surface area contributed by atoms with E-state index in [-0.39, 0.29) is 12.0 Å². The van der Waals surface area contributed by atoms with Crippen molar-refractivity contribution in [3.63, 3.8) is 0 Å². The van der Waals surface area contributed by atoms with Crippen molar-refractivity contribution in [1.29, 1.82) is 0 Å². The summed E-state index contributed by atoms with van der Waals surface area (Å²) < 4.78 is 0. The molecule has 0 radical (unpaired) electrons. The second-order valence-corrected chi connectivity index (χ2v) is 6.41. The number of hydrogen-bond acceptors (Lipinski definition) is 3. The number of carbonyl (C=O) groups excluding carboxylic acids is 1. The highest BCUT2D eigenvalue weighted by molar-refractivity contribution is 7.10. The number of fused-ring (bicyclic) bond motifs is 1. The highest BCUT2D eigenvalue weighted by Gasteiger charge is 2.31. The number of amides is 1. The van der Waals surface area contributed by atoms with E-state index in [9.17, 15) is 4.79 Å². The van der Waals surface area contributed by atoms with Crippen LogP contribution < -0.4 is 5.73 Å². The maximum atomic E-state index is 12.6. The summed E-state index contributed by atoms with van der Waals surface area (Å²) in [5.41, 5.74) is 7.20. The normalized spacial score (nSPS) is 24.9. The van der Waals surface area contributed by atoms with Gasteiger partial charge in [0.1, 0.15) is 0 Å². The van der Waals surface area contributed by atoms with Crippen molar-refractivity contribution >= 4 is 17.2 Å². The van der Waals surface area contributed by atoms with Crippen LogP contribution in [-0.2, 0) is 11.2 Å². The van der Waals surface area contributed by atoms with Gasteiger partial charge >= 0.3 is 0 Å². The molecular weight excluding hydrogens is 244 g/mol. The van der Waals surface area contributed by atoms with E-state index < -0.39 is 0 Å². The molecule has 98 valence electrons. The van der Waals surface area contributed by atoms with Crippen LogP contribution in [0.4, 0.5) is 0 Å². The van der Waals surface area contributed by atoms with Crippen molar-refractivity contribution in [3.8, 4) is 0 Å². The summed E-state index contributed by atoms with van der Waals surface area (Å²) in [7, 11) is 0. The van der Waals surface area contributed by atoms with Gasteiger partial charge in [-0.2, -0.15) is 0 Å². The van der Waals surface area contributed by atoms with Gasteiger partial charge in [0.15, 0.2) is 0 Å². The Bertz CT molecular complexity index is 435. The molecule has 18 heavy (non-hydrogen) atoms. The minimum absolute atomic E-state index is 0.120. The molecule has 1 aromatic heterocycles. The standard InChI is InChI=1S/C14H20N2OS/c15-10-4-7-16(8-5-10)14(17)12-2-1-3-13-11(12)6-9-18-13/h6,9-10,12H,1-5,7-8,15H2. The van der Waals surface area contributed by atoms with Crippen molar-refractivity contribution in [2.45, 2.75) is 44.1 Å². The van der Waals surface area contributed by atoms with Crippen molar-refractivity contribution in [3.05, 3.63) is 21.9 Å². The summed E-state index contributed by atoms with van der Waals surface area (Å²) in [6.07, 6.45) is 5.23. The summed E-state index contributed by atoms with van der Waals surface area (Å²) >= 11 is 1.80. The summed E-state index contributed by atoms with van der Waals surface area (Å²) in [4.78, 5) is 16.1. The van der Waals surface area contributed by atoms with Gasteiger partial charge in [0, 0.05) is 24.0 Å². The minimum atomic E-state index is 0.120. The molecule has 0 saturated carbocycles. The average molecular weight is 264 g/mol. The molecule has 1 saturated heterocycles. The van der Waals surface area contributed by atoms with E-state index in [1.54, 1.807) is 11.3 Å². The molecule has 3 rings (SSSR count). The molecule has 1 fully saturated rings. The molecule has 1 amide bonds. The quantitative estimate of drug-likeness (QED) is 0.844. The molecule has 1 unspecified atom stereocenters. The lowest BCUT2D eigenvalue weighted by atomic mass is 9.86. The second kappa shape index (κ2) is 5.02. The molecule has 0 spiro atoms. The Morgan fingerprint density at radius 1 is 1.33 bits per heavy atom. The first-order valence-electron chi connectivity index (χ1n) is 6.86. The van der Waals surface area contributed by atoms with E-state index in [0.29, 0.717) is 5.91 Å². The van der Waals surface area contributed by atoms with Gasteiger partial charge in [0.05, 0.1) is 5.92 Å². The SMILES string of the molecule is NC1CCN(C(=O)C2CCCc3sccc32)CC1. The van der Waals surface area contributed by atoms with E-state index in [4.69, 9.17) is 5.73 Å². The molecule has 2 heterocycles. The fourth-order valence-electron chi connectivity index (χ4n) is 3.08. The molecule has 0 bridgehead atoms. The number of nitrogens with two attached hydrogens (primary N) is 1. The smallest absolute Gasteiger partial charge is 0.230 e. The van der Waals surface area contributed by atoms with E-state index in [1.165, 1.54) is 10.4 Å². The zero-order chi connectivity index (χ0) is 12.5. The van der Waals surface area contributed by atoms with Gasteiger partial charge in [-0.15, -0.1) is 11.3 Å². The van der Waals surface area contributed by atoms with Crippen molar-refractivity contribution < 1.29 is 4.79 Å². The number of rotatable bonds is 1. The van der Waals surface area contributed by atoms with Crippen LogP contribution in [0.5, 0.6) is 0 Å². The zero-order valence-electron chi connectivity index (χ0n) is 10.6. The van der Waals surface area contributed by atoms with Gasteiger partial charge in [-0.25, -0.2) is 0 Å². The third kappa shape index (κ3) is 2.19. The van der Waals surface area contributed by atoms with Crippen LogP contribution in [0.1, 0.15) is 42.0 Å². The lowest BCUT2D eigenvalue weighted by Gasteiger charge is -2.34. The van der Waals surface area contributed by atoms with Crippen LogP contribution in [0, 0.1) is 0 Å². The summed E-state index contributed by atoms with van der Waals surface area (Å²) in [5, 5.41) is 2.13. The third-order valence-corrected chi connectivity index (χ3v) is 5.20. The van der Waals surface area contributed by atoms with E-state index >= 15 is 0 Å². The van der Waals surface area contributed by atoms with Gasteiger partial charge in [-0.1, -0.05) is 0 Å². The van der Waals surface area contributed by atoms with Crippen LogP contribution in [0.3, 0.4) is 0 Å². The number of thiophene rings is 1. The molecule has 4 heteroatoms. The molecule has 1 atom stereocenters. The Balaban J connectivity index is 1.74. The predicted molar refractivity (Wildman–Crippen MR) is 73.8 cm³/mol. The largest absolute Gasteiger partial charge is 0.342 e. The average Bonchev–Trinajstić information content (AvgIpc) is 2.87. The van der Waals surface area contributed by atoms with E-state index in [1.807, 2.05) is 4.90 Å². The molecule has 0 aromatic carbocycles. The van der Waals surface area contributed by atoms with E-state index in [0.717, 1.165) is 45.2 Å². The van der Waals surface area contributed by atoms with Gasteiger partial charge in [-0.05, 0) is 49.1 Å². The predicted octanol–water partition coefficient (Wildman–Crippen LogP) is 2.12. The lowest BCUT2D eigenvalue weighted by Crippen LogP contribution is -2.45. The number of hydrogen-bond donors (Lipinski definition) is 1. The number of carbonyl (C=O) groups is 1. The highest BCUT2D eigenvalue weighted by atomic mass is 32.1. The van der Waals surface area contributed by atoms with Crippen LogP contribution >= 0.6 is 11.3 Å². The first-order chi connectivity index (χ1) is 8.75. The maximum absolute atomic E-state index is 12.6. The van der Waals surface area contributed by atoms with E-state index in [2.05, 4.69) is 11.4 Å². The van der Waals surface area contributed by atoms with Crippen molar-refractivity contribution in [2.75, 3.05) is 13.1 Å². The highest BCUT2D eigenvalue weighted by Crippen LogP contribution is 2.36. The topological polar surface area (TPSA) is 46.3 Å². The van der Waals surface area contributed by atoms with Crippen LogP contribution in [0.2, 0.25) is 0 Å². The zero-order valence-corrected chi connectivity index (χ0v) is 11.4. The monoisotopic (exact) mass is 264 g/mol. The Labute approximate surface area is 112 Å². The maximum Gasteiger partial charge on any atom is 0.230 e. The lowest BCUT2D eigenvalue weighted by molar-refractivity contribution is -0.134. The van der Waals surface area contributed by atoms with Gasteiger partial charge in [0.25, 0.3) is 0 Å². The summed E-state index contributed by atoms with van der Waals surface area (Å²) in [5.74, 6) is 0.454. The van der Waals surface area contributed by atoms with Gasteiger partial charge in [0.2, 0.25) is 5.91 Å². The molecular formula is C14H20N2OS. The fraction of sp³-hybridized carbons (Fsp3) is 0.643. The molecule has 1 aliphatic heterocycles. The summed E-state index contributed by atoms with van der Waals surface area (Å²) in [6, 6.07) is 2.44. The Morgan fingerprint density at radius 3 is 2.89 bits per heavy atom. The Kier molecular flexibility index (Phi) is 3.39. The molecule has 1 aliphatic carbocycles. The van der Waals surface area contributed by atoms with Gasteiger partial charge in [-0.3, -0.25) is 4.79 Å². The molecule has 3 nitrogen and oxygen atoms in total. The first kappa shape index (κ1) is 12.2. The summed E-state index contributed by atoms with van der Waals surface area (Å²) in [6.45, 7) is 1.69. The number of piperidine rings is 1.